The molecule has 0 atom stereocenters. The lowest BCUT2D eigenvalue weighted by Gasteiger charge is -2.01. The molecule has 0 saturated carbocycles. The normalized spacial score (nSPS) is 10.3. The molecule has 0 aromatic carbocycles. The monoisotopic (exact) mass is 194 g/mol. The van der Waals surface area contributed by atoms with E-state index >= 15 is 0 Å². The number of rotatable bonds is 1. The van der Waals surface area contributed by atoms with E-state index in [-0.39, 0.29) is 0 Å². The van der Waals surface area contributed by atoms with Crippen molar-refractivity contribution in [1.29, 1.82) is 0 Å². The van der Waals surface area contributed by atoms with E-state index in [1.807, 2.05) is 6.92 Å². The van der Waals surface area contributed by atoms with E-state index in [0.717, 1.165) is 5.69 Å². The summed E-state index contributed by atoms with van der Waals surface area (Å²) in [5.74, 6) is 0.544. The van der Waals surface area contributed by atoms with Crippen LogP contribution in [0.15, 0.2) is 24.8 Å². The largest absolute Gasteiger partial charge is 0.272 e. The summed E-state index contributed by atoms with van der Waals surface area (Å²) in [5, 5.41) is 0.429. The first-order chi connectivity index (χ1) is 6.27. The quantitative estimate of drug-likeness (QED) is 0.648. The smallest absolute Gasteiger partial charge is 0.236 e. The van der Waals surface area contributed by atoms with Crippen molar-refractivity contribution in [2.45, 2.75) is 6.92 Å². The minimum absolute atomic E-state index is 0.429. The molecule has 13 heavy (non-hydrogen) atoms. The molecule has 0 aliphatic heterocycles. The summed E-state index contributed by atoms with van der Waals surface area (Å²) in [4.78, 5) is 12.1. The van der Waals surface area contributed by atoms with Crippen molar-refractivity contribution < 1.29 is 0 Å². The van der Waals surface area contributed by atoms with Crippen LogP contribution in [-0.4, -0.2) is 19.5 Å². The number of aromatic nitrogens is 4. The molecule has 0 N–H and O–H groups in total. The van der Waals surface area contributed by atoms with Crippen molar-refractivity contribution in [3.63, 3.8) is 0 Å². The van der Waals surface area contributed by atoms with E-state index in [4.69, 9.17) is 11.6 Å². The third kappa shape index (κ3) is 1.53. The first-order valence-electron chi connectivity index (χ1n) is 3.75. The highest BCUT2D eigenvalue weighted by molar-refractivity contribution is 6.29. The highest BCUT2D eigenvalue weighted by Crippen LogP contribution is 2.08. The molecule has 0 fully saturated rings. The van der Waals surface area contributed by atoms with Gasteiger partial charge in [0.1, 0.15) is 11.5 Å². The van der Waals surface area contributed by atoms with Gasteiger partial charge >= 0.3 is 0 Å². The predicted octanol–water partition coefficient (Wildman–Crippen LogP) is 1.62. The highest BCUT2D eigenvalue weighted by Gasteiger charge is 2.02. The minimum Gasteiger partial charge on any atom is -0.272 e. The van der Waals surface area contributed by atoms with Gasteiger partial charge < -0.3 is 0 Å². The molecule has 66 valence electrons. The molecule has 0 bridgehead atoms. The summed E-state index contributed by atoms with van der Waals surface area (Å²) < 4.78 is 1.77. The lowest BCUT2D eigenvalue weighted by molar-refractivity contribution is 0.896. The van der Waals surface area contributed by atoms with Crippen LogP contribution >= 0.6 is 11.6 Å². The fraction of sp³-hybridized carbons (Fsp3) is 0.125. The third-order valence-electron chi connectivity index (χ3n) is 1.65. The summed E-state index contributed by atoms with van der Waals surface area (Å²) in [6.07, 6.45) is 5.01. The maximum atomic E-state index is 5.73. The van der Waals surface area contributed by atoms with E-state index in [9.17, 15) is 0 Å². The van der Waals surface area contributed by atoms with Crippen LogP contribution in [0.4, 0.5) is 0 Å². The number of nitrogens with zero attached hydrogens (tertiary/aromatic N) is 4. The lowest BCUT2D eigenvalue weighted by Crippen LogP contribution is -2.00. The van der Waals surface area contributed by atoms with E-state index in [1.165, 1.54) is 0 Å². The summed E-state index contributed by atoms with van der Waals surface area (Å²) in [5.41, 5.74) is 0.974. The zero-order valence-corrected chi connectivity index (χ0v) is 7.73. The molecule has 5 heteroatoms. The second-order valence-corrected chi connectivity index (χ2v) is 2.97. The Kier molecular flexibility index (Phi) is 1.98. The molecule has 0 aliphatic carbocycles. The SMILES string of the molecule is Cc1cncn1-c1nccc(Cl)n1. The van der Waals surface area contributed by atoms with Gasteiger partial charge in [-0.3, -0.25) is 4.57 Å². The van der Waals surface area contributed by atoms with E-state index in [1.54, 1.807) is 29.4 Å². The lowest BCUT2D eigenvalue weighted by atomic mass is 10.5. The van der Waals surface area contributed by atoms with Gasteiger partial charge in [0.15, 0.2) is 0 Å². The first kappa shape index (κ1) is 8.19. The van der Waals surface area contributed by atoms with Crippen LogP contribution in [0.5, 0.6) is 0 Å². The molecule has 4 nitrogen and oxygen atoms in total. The van der Waals surface area contributed by atoms with Gasteiger partial charge in [-0.05, 0) is 13.0 Å². The molecule has 0 spiro atoms. The molecule has 0 saturated heterocycles. The number of aryl methyl sites for hydroxylation is 1. The first-order valence-corrected chi connectivity index (χ1v) is 4.13. The second kappa shape index (κ2) is 3.14. The fourth-order valence-corrected chi connectivity index (χ4v) is 1.15. The van der Waals surface area contributed by atoms with Crippen molar-refractivity contribution in [3.05, 3.63) is 35.6 Å². The van der Waals surface area contributed by atoms with Gasteiger partial charge in [0.25, 0.3) is 0 Å². The Balaban J connectivity index is 2.53. The maximum Gasteiger partial charge on any atom is 0.236 e. The second-order valence-electron chi connectivity index (χ2n) is 2.58. The third-order valence-corrected chi connectivity index (χ3v) is 1.86. The van der Waals surface area contributed by atoms with Gasteiger partial charge in [-0.1, -0.05) is 11.6 Å². The molecule has 0 unspecified atom stereocenters. The topological polar surface area (TPSA) is 43.6 Å². The summed E-state index contributed by atoms with van der Waals surface area (Å²) >= 11 is 5.73. The van der Waals surface area contributed by atoms with Crippen molar-refractivity contribution in [2.75, 3.05) is 0 Å². The Hall–Kier alpha value is -1.42. The van der Waals surface area contributed by atoms with Crippen LogP contribution in [0, 0.1) is 6.92 Å². The Morgan fingerprint density at radius 3 is 2.92 bits per heavy atom. The van der Waals surface area contributed by atoms with E-state index in [0.29, 0.717) is 11.1 Å². The Labute approximate surface area is 80.2 Å². The fourth-order valence-electron chi connectivity index (χ4n) is 1.01. The van der Waals surface area contributed by atoms with Crippen molar-refractivity contribution >= 4 is 11.6 Å². The van der Waals surface area contributed by atoms with Gasteiger partial charge in [0.2, 0.25) is 5.95 Å². The average Bonchev–Trinajstić information content (AvgIpc) is 2.51. The van der Waals surface area contributed by atoms with Gasteiger partial charge in [-0.25, -0.2) is 15.0 Å². The van der Waals surface area contributed by atoms with Gasteiger partial charge in [0, 0.05) is 18.1 Å². The van der Waals surface area contributed by atoms with E-state index in [2.05, 4.69) is 15.0 Å². The van der Waals surface area contributed by atoms with Crippen LogP contribution in [0.3, 0.4) is 0 Å². The highest BCUT2D eigenvalue weighted by atomic mass is 35.5. The zero-order valence-electron chi connectivity index (χ0n) is 6.98. The van der Waals surface area contributed by atoms with Crippen LogP contribution < -0.4 is 0 Å². The van der Waals surface area contributed by atoms with Gasteiger partial charge in [-0.15, -0.1) is 0 Å². The molecule has 2 rings (SSSR count). The molecular formula is C8H7ClN4. The Morgan fingerprint density at radius 1 is 1.46 bits per heavy atom. The van der Waals surface area contributed by atoms with Gasteiger partial charge in [0.05, 0.1) is 0 Å². The minimum atomic E-state index is 0.429. The van der Waals surface area contributed by atoms with Crippen LogP contribution in [0.1, 0.15) is 5.69 Å². The number of halogens is 1. The van der Waals surface area contributed by atoms with Crippen molar-refractivity contribution in [2.24, 2.45) is 0 Å². The molecule has 2 aromatic rings. The van der Waals surface area contributed by atoms with Gasteiger partial charge in [-0.2, -0.15) is 0 Å². The molecular weight excluding hydrogens is 188 g/mol. The summed E-state index contributed by atoms with van der Waals surface area (Å²) in [7, 11) is 0. The average molecular weight is 195 g/mol. The standard InChI is InChI=1S/C8H7ClN4/c1-6-4-10-5-13(6)8-11-3-2-7(9)12-8/h2-5H,1H3. The van der Waals surface area contributed by atoms with E-state index < -0.39 is 0 Å². The molecule has 2 aromatic heterocycles. The molecule has 0 aliphatic rings. The van der Waals surface area contributed by atoms with Crippen molar-refractivity contribution in [3.8, 4) is 5.95 Å². The summed E-state index contributed by atoms with van der Waals surface area (Å²) in [6.45, 7) is 1.93. The Bertz CT molecular complexity index is 424. The Morgan fingerprint density at radius 2 is 2.31 bits per heavy atom. The summed E-state index contributed by atoms with van der Waals surface area (Å²) in [6, 6.07) is 1.64. The van der Waals surface area contributed by atoms with Crippen LogP contribution in [0.2, 0.25) is 5.15 Å². The number of hydrogen-bond acceptors (Lipinski definition) is 3. The molecule has 2 heterocycles. The molecule has 0 radical (unpaired) electrons. The predicted molar refractivity (Wildman–Crippen MR) is 48.9 cm³/mol. The van der Waals surface area contributed by atoms with Crippen molar-refractivity contribution in [1.82, 2.24) is 19.5 Å². The number of imidazole rings is 1. The van der Waals surface area contributed by atoms with Crippen LogP contribution in [0.25, 0.3) is 5.95 Å². The maximum absolute atomic E-state index is 5.73. The molecule has 0 amide bonds. The zero-order chi connectivity index (χ0) is 9.26. The number of hydrogen-bond donors (Lipinski definition) is 0. The van der Waals surface area contributed by atoms with Crippen LogP contribution in [-0.2, 0) is 0 Å².